The number of nitrogens with zero attached hydrogens (tertiary/aromatic N) is 1. The summed E-state index contributed by atoms with van der Waals surface area (Å²) in [6.45, 7) is 1.44. The van der Waals surface area contributed by atoms with Gasteiger partial charge in [0.15, 0.2) is 23.5 Å². The molecule has 6 nitrogen and oxygen atoms in total. The number of guanidine groups is 2. The molecule has 0 atom stereocenters. The number of halogens is 5. The topological polar surface area (TPSA) is 84.2 Å². The standard InChI is InChI=1S/C14H17F4N5O.ClH/c15-10-8-9(4-5-11(10)24-14(16,17)18)21-12(19)22-13(20)23-6-2-1-3-7-23;/h4-5,8H,1-3,6-7H2,(H4,19,20,21,22);1H. The van der Waals surface area contributed by atoms with Crippen molar-refractivity contribution in [2.45, 2.75) is 25.6 Å². The fraction of sp³-hybridized carbons (Fsp3) is 0.429. The molecule has 1 aliphatic rings. The van der Waals surface area contributed by atoms with Gasteiger partial charge in [-0.2, -0.15) is 0 Å². The lowest BCUT2D eigenvalue weighted by atomic mass is 10.1. The van der Waals surface area contributed by atoms with Crippen LogP contribution in [-0.2, 0) is 0 Å². The number of anilines is 1. The van der Waals surface area contributed by atoms with E-state index in [0.717, 1.165) is 50.6 Å². The molecule has 1 saturated heterocycles. The zero-order valence-electron chi connectivity index (χ0n) is 13.0. The maximum Gasteiger partial charge on any atom is 0.573 e. The monoisotopic (exact) mass is 383 g/mol. The Morgan fingerprint density at radius 2 is 1.76 bits per heavy atom. The molecule has 0 amide bonds. The van der Waals surface area contributed by atoms with Crippen LogP contribution in [-0.4, -0.2) is 36.3 Å². The average Bonchev–Trinajstić information content (AvgIpc) is 2.49. The van der Waals surface area contributed by atoms with E-state index in [2.05, 4.69) is 15.4 Å². The van der Waals surface area contributed by atoms with Gasteiger partial charge in [0.05, 0.1) is 0 Å². The summed E-state index contributed by atoms with van der Waals surface area (Å²) >= 11 is 0. The second-order valence-electron chi connectivity index (χ2n) is 5.21. The van der Waals surface area contributed by atoms with Crippen molar-refractivity contribution in [1.29, 1.82) is 10.8 Å². The first-order chi connectivity index (χ1) is 11.2. The summed E-state index contributed by atoms with van der Waals surface area (Å²) in [6.07, 6.45) is -1.94. The second-order valence-corrected chi connectivity index (χ2v) is 5.21. The molecule has 25 heavy (non-hydrogen) atoms. The highest BCUT2D eigenvalue weighted by atomic mass is 35.5. The fourth-order valence-electron chi connectivity index (χ4n) is 2.28. The minimum atomic E-state index is -4.98. The molecular weight excluding hydrogens is 366 g/mol. The van der Waals surface area contributed by atoms with Crippen LogP contribution in [0.3, 0.4) is 0 Å². The highest BCUT2D eigenvalue weighted by molar-refractivity contribution is 6.02. The Morgan fingerprint density at radius 1 is 1.12 bits per heavy atom. The highest BCUT2D eigenvalue weighted by Crippen LogP contribution is 2.27. The Morgan fingerprint density at radius 3 is 2.32 bits per heavy atom. The Bertz CT molecular complexity index is 620. The van der Waals surface area contributed by atoms with E-state index in [1.165, 1.54) is 0 Å². The number of hydrogen-bond acceptors (Lipinski definition) is 3. The van der Waals surface area contributed by atoms with Crippen molar-refractivity contribution in [3.8, 4) is 5.75 Å². The van der Waals surface area contributed by atoms with Crippen LogP contribution < -0.4 is 15.4 Å². The van der Waals surface area contributed by atoms with E-state index in [1.54, 1.807) is 4.90 Å². The molecule has 0 aliphatic carbocycles. The second kappa shape index (κ2) is 8.75. The molecule has 11 heteroatoms. The predicted molar refractivity (Wildman–Crippen MR) is 88.0 cm³/mol. The minimum absolute atomic E-state index is 0. The van der Waals surface area contributed by atoms with Gasteiger partial charge >= 0.3 is 6.36 Å². The average molecular weight is 384 g/mol. The highest BCUT2D eigenvalue weighted by Gasteiger charge is 2.32. The van der Waals surface area contributed by atoms with Crippen LogP contribution in [0.5, 0.6) is 5.75 Å². The smallest absolute Gasteiger partial charge is 0.403 e. The lowest BCUT2D eigenvalue weighted by Crippen LogP contribution is -2.47. The Hall–Kier alpha value is -2.23. The van der Waals surface area contributed by atoms with Crippen LogP contribution in [0.4, 0.5) is 23.2 Å². The molecule has 1 aliphatic heterocycles. The summed E-state index contributed by atoms with van der Waals surface area (Å²) < 4.78 is 53.3. The molecule has 1 fully saturated rings. The van der Waals surface area contributed by atoms with Gasteiger partial charge in [-0.1, -0.05) is 0 Å². The van der Waals surface area contributed by atoms with Crippen LogP contribution in [0.25, 0.3) is 0 Å². The van der Waals surface area contributed by atoms with Crippen LogP contribution >= 0.6 is 12.4 Å². The number of rotatable bonds is 2. The maximum absolute atomic E-state index is 13.6. The number of piperidine rings is 1. The minimum Gasteiger partial charge on any atom is -0.403 e. The van der Waals surface area contributed by atoms with Gasteiger partial charge in [0, 0.05) is 24.8 Å². The van der Waals surface area contributed by atoms with Gasteiger partial charge in [-0.3, -0.25) is 16.1 Å². The molecule has 0 bridgehead atoms. The maximum atomic E-state index is 13.6. The molecule has 1 aromatic rings. The van der Waals surface area contributed by atoms with Gasteiger partial charge < -0.3 is 15.0 Å². The fourth-order valence-corrected chi connectivity index (χ4v) is 2.28. The van der Waals surface area contributed by atoms with E-state index in [4.69, 9.17) is 10.8 Å². The van der Waals surface area contributed by atoms with E-state index in [0.29, 0.717) is 0 Å². The van der Waals surface area contributed by atoms with Crippen molar-refractivity contribution in [3.05, 3.63) is 24.0 Å². The lowest BCUT2D eigenvalue weighted by Gasteiger charge is -2.29. The van der Waals surface area contributed by atoms with Crippen LogP contribution in [0.15, 0.2) is 18.2 Å². The summed E-state index contributed by atoms with van der Waals surface area (Å²) in [5.41, 5.74) is 0.0611. The number of nitrogens with one attached hydrogen (secondary N) is 4. The van der Waals surface area contributed by atoms with Crippen molar-refractivity contribution in [2.75, 3.05) is 18.4 Å². The Kier molecular flexibility index (Phi) is 7.28. The summed E-state index contributed by atoms with van der Waals surface area (Å²) in [6, 6.07) is 2.74. The molecule has 2 rings (SSSR count). The molecule has 0 unspecified atom stereocenters. The quantitative estimate of drug-likeness (QED) is 0.358. The van der Waals surface area contributed by atoms with Crippen molar-refractivity contribution >= 4 is 30.0 Å². The van der Waals surface area contributed by atoms with E-state index >= 15 is 0 Å². The van der Waals surface area contributed by atoms with Crippen molar-refractivity contribution in [3.63, 3.8) is 0 Å². The third-order valence-electron chi connectivity index (χ3n) is 3.34. The number of hydrogen-bond donors (Lipinski definition) is 4. The Balaban J connectivity index is 0.00000312. The number of ether oxygens (including phenoxy) is 1. The van der Waals surface area contributed by atoms with Gasteiger partial charge in [-0.25, -0.2) is 4.39 Å². The van der Waals surface area contributed by atoms with Crippen LogP contribution in [0.2, 0.25) is 0 Å². The van der Waals surface area contributed by atoms with Crippen molar-refractivity contribution in [2.24, 2.45) is 0 Å². The molecule has 0 radical (unpaired) electrons. The van der Waals surface area contributed by atoms with Crippen LogP contribution in [0.1, 0.15) is 19.3 Å². The zero-order chi connectivity index (χ0) is 17.7. The molecule has 0 aromatic heterocycles. The third kappa shape index (κ3) is 6.65. The first-order valence-electron chi connectivity index (χ1n) is 7.26. The SMILES string of the molecule is Cl.N=C(NC(=N)N1CCCCC1)Nc1ccc(OC(F)(F)F)c(F)c1. The predicted octanol–water partition coefficient (Wildman–Crippen LogP) is 3.50. The third-order valence-corrected chi connectivity index (χ3v) is 3.34. The van der Waals surface area contributed by atoms with Crippen molar-refractivity contribution in [1.82, 2.24) is 10.2 Å². The number of likely N-dealkylation sites (tertiary alicyclic amines) is 1. The lowest BCUT2D eigenvalue weighted by molar-refractivity contribution is -0.275. The summed E-state index contributed by atoms with van der Waals surface area (Å²) in [5.74, 6) is -2.40. The van der Waals surface area contributed by atoms with E-state index in [9.17, 15) is 17.6 Å². The number of alkyl halides is 3. The van der Waals surface area contributed by atoms with Gasteiger partial charge in [-0.05, 0) is 31.4 Å². The summed E-state index contributed by atoms with van der Waals surface area (Å²) in [7, 11) is 0. The van der Waals surface area contributed by atoms with E-state index in [-0.39, 0.29) is 30.0 Å². The molecule has 4 N–H and O–H groups in total. The first-order valence-corrected chi connectivity index (χ1v) is 7.26. The van der Waals surface area contributed by atoms with Gasteiger partial charge in [0.25, 0.3) is 0 Å². The van der Waals surface area contributed by atoms with Crippen molar-refractivity contribution < 1.29 is 22.3 Å². The molecule has 140 valence electrons. The molecule has 1 aromatic carbocycles. The molecule has 0 spiro atoms. The van der Waals surface area contributed by atoms with Crippen LogP contribution in [0, 0.1) is 16.6 Å². The molecular formula is C14H18ClF4N5O. The zero-order valence-corrected chi connectivity index (χ0v) is 13.9. The first kappa shape index (κ1) is 20.8. The normalized spacial score (nSPS) is 14.3. The van der Waals surface area contributed by atoms with Gasteiger partial charge in [0.1, 0.15) is 0 Å². The van der Waals surface area contributed by atoms with E-state index in [1.807, 2.05) is 0 Å². The Labute approximate surface area is 148 Å². The van der Waals surface area contributed by atoms with Gasteiger partial charge in [-0.15, -0.1) is 25.6 Å². The largest absolute Gasteiger partial charge is 0.573 e. The summed E-state index contributed by atoms with van der Waals surface area (Å²) in [4.78, 5) is 1.78. The molecule has 0 saturated carbocycles. The molecule has 1 heterocycles. The summed E-state index contributed by atoms with van der Waals surface area (Å²) in [5, 5.41) is 20.6. The van der Waals surface area contributed by atoms with Gasteiger partial charge in [0.2, 0.25) is 0 Å². The van der Waals surface area contributed by atoms with E-state index < -0.39 is 17.9 Å². The number of benzene rings is 1.